The first-order chi connectivity index (χ1) is 8.29. The van der Waals surface area contributed by atoms with Crippen molar-refractivity contribution >= 4 is 5.95 Å². The summed E-state index contributed by atoms with van der Waals surface area (Å²) in [5, 5.41) is 7.25. The van der Waals surface area contributed by atoms with Crippen LogP contribution in [0, 0.1) is 0 Å². The lowest BCUT2D eigenvalue weighted by Crippen LogP contribution is -2.10. The van der Waals surface area contributed by atoms with Crippen molar-refractivity contribution in [3.05, 3.63) is 24.7 Å². The first kappa shape index (κ1) is 11.5. The smallest absolute Gasteiger partial charge is 0.223 e. The summed E-state index contributed by atoms with van der Waals surface area (Å²) in [6.07, 6.45) is 6.35. The first-order valence-electron chi connectivity index (χ1n) is 5.55. The summed E-state index contributed by atoms with van der Waals surface area (Å²) in [6.45, 7) is 1.45. The van der Waals surface area contributed by atoms with Gasteiger partial charge in [-0.1, -0.05) is 0 Å². The molecule has 2 aromatic rings. The van der Waals surface area contributed by atoms with Crippen molar-refractivity contribution in [2.24, 2.45) is 12.8 Å². The molecule has 0 aromatic carbocycles. The minimum atomic E-state index is 0.625. The van der Waals surface area contributed by atoms with E-state index in [2.05, 4.69) is 20.4 Å². The van der Waals surface area contributed by atoms with Gasteiger partial charge in [0, 0.05) is 31.5 Å². The van der Waals surface area contributed by atoms with Crippen molar-refractivity contribution in [1.82, 2.24) is 19.7 Å². The van der Waals surface area contributed by atoms with Crippen LogP contribution >= 0.6 is 0 Å². The highest BCUT2D eigenvalue weighted by Crippen LogP contribution is 2.15. The zero-order valence-electron chi connectivity index (χ0n) is 9.80. The van der Waals surface area contributed by atoms with E-state index >= 15 is 0 Å². The second-order valence-electron chi connectivity index (χ2n) is 3.74. The van der Waals surface area contributed by atoms with Gasteiger partial charge in [0.2, 0.25) is 5.95 Å². The molecule has 0 radical (unpaired) electrons. The Hall–Kier alpha value is -1.95. The van der Waals surface area contributed by atoms with Gasteiger partial charge in [0.1, 0.15) is 0 Å². The Bertz CT molecular complexity index is 478. The lowest BCUT2D eigenvalue weighted by molar-refractivity contribution is 0.768. The molecule has 0 spiro atoms. The van der Waals surface area contributed by atoms with Crippen molar-refractivity contribution in [3.63, 3.8) is 0 Å². The highest BCUT2D eigenvalue weighted by atomic mass is 15.2. The predicted molar refractivity (Wildman–Crippen MR) is 66.4 cm³/mol. The van der Waals surface area contributed by atoms with E-state index < -0.39 is 0 Å². The quantitative estimate of drug-likeness (QED) is 0.739. The Morgan fingerprint density at radius 3 is 3.06 bits per heavy atom. The highest BCUT2D eigenvalue weighted by Gasteiger charge is 2.03. The minimum Gasteiger partial charge on any atom is -0.354 e. The minimum absolute atomic E-state index is 0.625. The van der Waals surface area contributed by atoms with Crippen molar-refractivity contribution < 1.29 is 0 Å². The molecule has 0 saturated heterocycles. The summed E-state index contributed by atoms with van der Waals surface area (Å²) in [4.78, 5) is 8.57. The predicted octanol–water partition coefficient (Wildman–Crippen LogP) is 0.638. The number of nitrogens with zero attached hydrogens (tertiary/aromatic N) is 4. The van der Waals surface area contributed by atoms with Gasteiger partial charge in [0.25, 0.3) is 0 Å². The SMILES string of the molecule is Cn1cc(-c2ccnc(NCCCN)n2)cn1. The maximum Gasteiger partial charge on any atom is 0.223 e. The molecule has 90 valence electrons. The summed E-state index contributed by atoms with van der Waals surface area (Å²) in [6, 6.07) is 1.87. The standard InChI is InChI=1S/C11H16N6/c1-17-8-9(7-15-17)10-3-6-14-11(16-10)13-5-2-4-12/h3,6-8H,2,4-5,12H2,1H3,(H,13,14,16). The van der Waals surface area contributed by atoms with Gasteiger partial charge in [-0.25, -0.2) is 9.97 Å². The van der Waals surface area contributed by atoms with E-state index in [1.54, 1.807) is 17.1 Å². The number of aryl methyl sites for hydroxylation is 1. The average molecular weight is 232 g/mol. The third-order valence-electron chi connectivity index (χ3n) is 2.32. The van der Waals surface area contributed by atoms with Crippen LogP contribution in [0.4, 0.5) is 5.95 Å². The van der Waals surface area contributed by atoms with Crippen molar-refractivity contribution in [1.29, 1.82) is 0 Å². The summed E-state index contributed by atoms with van der Waals surface area (Å²) >= 11 is 0. The average Bonchev–Trinajstić information content (AvgIpc) is 2.77. The molecule has 0 fully saturated rings. The van der Waals surface area contributed by atoms with Crippen molar-refractivity contribution in [2.75, 3.05) is 18.4 Å². The molecule has 2 aromatic heterocycles. The van der Waals surface area contributed by atoms with Gasteiger partial charge in [-0.3, -0.25) is 4.68 Å². The Balaban J connectivity index is 2.11. The third-order valence-corrected chi connectivity index (χ3v) is 2.32. The number of rotatable bonds is 5. The van der Waals surface area contributed by atoms with E-state index in [9.17, 15) is 0 Å². The maximum absolute atomic E-state index is 5.42. The molecule has 0 bridgehead atoms. The normalized spacial score (nSPS) is 10.5. The van der Waals surface area contributed by atoms with Gasteiger partial charge in [0.05, 0.1) is 11.9 Å². The van der Waals surface area contributed by atoms with Gasteiger partial charge in [-0.05, 0) is 19.0 Å². The molecular weight excluding hydrogens is 216 g/mol. The molecule has 0 aliphatic heterocycles. The lowest BCUT2D eigenvalue weighted by atomic mass is 10.2. The molecule has 6 heteroatoms. The summed E-state index contributed by atoms with van der Waals surface area (Å²) < 4.78 is 1.75. The first-order valence-corrected chi connectivity index (χ1v) is 5.55. The van der Waals surface area contributed by atoms with Gasteiger partial charge in [0.15, 0.2) is 0 Å². The fourth-order valence-electron chi connectivity index (χ4n) is 1.46. The third kappa shape index (κ3) is 3.01. The Morgan fingerprint density at radius 1 is 1.47 bits per heavy atom. The Kier molecular flexibility index (Phi) is 3.66. The molecule has 0 aliphatic rings. The second kappa shape index (κ2) is 5.40. The topological polar surface area (TPSA) is 81.7 Å². The number of anilines is 1. The van der Waals surface area contributed by atoms with Crippen molar-refractivity contribution in [3.8, 4) is 11.3 Å². The van der Waals surface area contributed by atoms with Gasteiger partial charge in [-0.2, -0.15) is 5.10 Å². The number of nitrogens with one attached hydrogen (secondary N) is 1. The number of aromatic nitrogens is 4. The highest BCUT2D eigenvalue weighted by molar-refractivity contribution is 5.57. The fourth-order valence-corrected chi connectivity index (χ4v) is 1.46. The monoisotopic (exact) mass is 232 g/mol. The Labute approximate surface area is 99.9 Å². The van der Waals surface area contributed by atoms with Crippen LogP contribution < -0.4 is 11.1 Å². The van der Waals surface area contributed by atoms with E-state index in [1.807, 2.05) is 19.3 Å². The van der Waals surface area contributed by atoms with E-state index in [0.717, 1.165) is 24.2 Å². The molecule has 0 atom stereocenters. The zero-order valence-corrected chi connectivity index (χ0v) is 9.80. The van der Waals surface area contributed by atoms with E-state index in [0.29, 0.717) is 12.5 Å². The van der Waals surface area contributed by atoms with Gasteiger partial charge in [-0.15, -0.1) is 0 Å². The van der Waals surface area contributed by atoms with Crippen LogP contribution in [0.1, 0.15) is 6.42 Å². The van der Waals surface area contributed by atoms with Crippen LogP contribution in [-0.2, 0) is 7.05 Å². The van der Waals surface area contributed by atoms with Crippen LogP contribution in [0.25, 0.3) is 11.3 Å². The molecule has 17 heavy (non-hydrogen) atoms. The van der Waals surface area contributed by atoms with Crippen LogP contribution in [0.15, 0.2) is 24.7 Å². The molecule has 2 heterocycles. The summed E-state index contributed by atoms with van der Waals surface area (Å²) in [7, 11) is 1.88. The molecule has 0 saturated carbocycles. The van der Waals surface area contributed by atoms with Crippen LogP contribution in [0.2, 0.25) is 0 Å². The van der Waals surface area contributed by atoms with Gasteiger partial charge < -0.3 is 11.1 Å². The molecule has 0 amide bonds. The molecule has 0 aliphatic carbocycles. The number of hydrogen-bond donors (Lipinski definition) is 2. The van der Waals surface area contributed by atoms with Crippen molar-refractivity contribution in [2.45, 2.75) is 6.42 Å². The number of nitrogens with two attached hydrogens (primary N) is 1. The zero-order chi connectivity index (χ0) is 12.1. The molecule has 2 rings (SSSR count). The largest absolute Gasteiger partial charge is 0.354 e. The molecule has 6 nitrogen and oxygen atoms in total. The van der Waals surface area contributed by atoms with Crippen LogP contribution in [0.5, 0.6) is 0 Å². The molecule has 3 N–H and O–H groups in total. The van der Waals surface area contributed by atoms with Crippen LogP contribution in [0.3, 0.4) is 0 Å². The number of hydrogen-bond acceptors (Lipinski definition) is 5. The second-order valence-corrected chi connectivity index (χ2v) is 3.74. The summed E-state index contributed by atoms with van der Waals surface area (Å²) in [5.41, 5.74) is 7.27. The van der Waals surface area contributed by atoms with Gasteiger partial charge >= 0.3 is 0 Å². The lowest BCUT2D eigenvalue weighted by Gasteiger charge is -2.04. The Morgan fingerprint density at radius 2 is 2.35 bits per heavy atom. The van der Waals surface area contributed by atoms with Crippen LogP contribution in [-0.4, -0.2) is 32.8 Å². The maximum atomic E-state index is 5.42. The molecular formula is C11H16N6. The molecule has 0 unspecified atom stereocenters. The van der Waals surface area contributed by atoms with E-state index in [-0.39, 0.29) is 0 Å². The summed E-state index contributed by atoms with van der Waals surface area (Å²) in [5.74, 6) is 0.625. The van der Waals surface area contributed by atoms with E-state index in [1.165, 1.54) is 0 Å². The fraction of sp³-hybridized carbons (Fsp3) is 0.364. The van der Waals surface area contributed by atoms with E-state index in [4.69, 9.17) is 5.73 Å².